The van der Waals surface area contributed by atoms with Crippen molar-refractivity contribution < 1.29 is 9.47 Å². The molecule has 0 amide bonds. The number of fused-ring (bicyclic) bond motifs is 2. The van der Waals surface area contributed by atoms with Crippen LogP contribution in [-0.4, -0.2) is 37.8 Å². The highest BCUT2D eigenvalue weighted by Gasteiger charge is 2.10. The lowest BCUT2D eigenvalue weighted by Crippen LogP contribution is -2.28. The van der Waals surface area contributed by atoms with Crippen LogP contribution in [-0.2, 0) is 11.5 Å². The molecule has 3 aromatic carbocycles. The molecule has 0 fully saturated rings. The van der Waals surface area contributed by atoms with Crippen LogP contribution in [0.15, 0.2) is 78.9 Å². The maximum Gasteiger partial charge on any atom is 0.123 e. The van der Waals surface area contributed by atoms with Crippen molar-refractivity contribution >= 4 is 29.2 Å². The van der Waals surface area contributed by atoms with E-state index in [9.17, 15) is 0 Å². The van der Waals surface area contributed by atoms with Gasteiger partial charge in [-0.1, -0.05) is 54.6 Å². The molecule has 162 valence electrons. The molecule has 0 aliphatic carbocycles. The largest absolute Gasteiger partial charge is 0.490 e. The number of benzene rings is 3. The third-order valence-electron chi connectivity index (χ3n) is 5.19. The number of ether oxygens (including phenoxy) is 2. The van der Waals surface area contributed by atoms with E-state index in [0.29, 0.717) is 13.2 Å². The second-order valence-corrected chi connectivity index (χ2v) is 9.55. The second-order valence-electron chi connectivity index (χ2n) is 7.34. The van der Waals surface area contributed by atoms with E-state index >= 15 is 0 Å². The molecule has 3 nitrogen and oxygen atoms in total. The maximum atomic E-state index is 6.06. The molecular formula is C26H29NO2S2. The SMILES string of the molecule is c1ccc(N2CCSCc3ccccc3OCCOc3ccccc3CSCC2)cc1. The summed E-state index contributed by atoms with van der Waals surface area (Å²) in [6.07, 6.45) is 0. The van der Waals surface area contributed by atoms with Crippen LogP contribution in [0, 0.1) is 0 Å². The fourth-order valence-corrected chi connectivity index (χ4v) is 5.46. The zero-order valence-corrected chi connectivity index (χ0v) is 19.4. The molecule has 0 saturated heterocycles. The van der Waals surface area contributed by atoms with Crippen LogP contribution < -0.4 is 14.4 Å². The number of thioether (sulfide) groups is 2. The third-order valence-corrected chi connectivity index (χ3v) is 7.16. The molecule has 1 heterocycles. The van der Waals surface area contributed by atoms with Gasteiger partial charge in [0, 0.05) is 52.9 Å². The van der Waals surface area contributed by atoms with Gasteiger partial charge in [0.2, 0.25) is 0 Å². The van der Waals surface area contributed by atoms with Crippen molar-refractivity contribution in [1.82, 2.24) is 0 Å². The quantitative estimate of drug-likeness (QED) is 0.442. The zero-order chi connectivity index (χ0) is 21.1. The van der Waals surface area contributed by atoms with E-state index in [0.717, 1.165) is 47.6 Å². The van der Waals surface area contributed by atoms with Gasteiger partial charge in [-0.05, 0) is 24.3 Å². The molecule has 4 rings (SSSR count). The predicted molar refractivity (Wildman–Crippen MR) is 135 cm³/mol. The van der Waals surface area contributed by atoms with Crippen molar-refractivity contribution in [1.29, 1.82) is 0 Å². The van der Waals surface area contributed by atoms with Crippen LogP contribution in [0.2, 0.25) is 0 Å². The molecule has 5 heteroatoms. The standard InChI is InChI=1S/C26H29NO2S2/c1-2-10-24(11-3-1)27-14-18-30-20-22-8-4-6-12-25(22)28-16-17-29-26-13-7-5-9-23(26)21-31-19-15-27/h1-13H,14-21H2. The first-order chi connectivity index (χ1) is 15.4. The monoisotopic (exact) mass is 451 g/mol. The fraction of sp³-hybridized carbons (Fsp3) is 0.308. The number of anilines is 1. The number of hydrogen-bond donors (Lipinski definition) is 0. The van der Waals surface area contributed by atoms with E-state index in [1.807, 2.05) is 35.7 Å². The summed E-state index contributed by atoms with van der Waals surface area (Å²) in [5, 5.41) is 0. The first kappa shape index (κ1) is 22.0. The fourth-order valence-electron chi connectivity index (χ4n) is 3.55. The number of nitrogens with zero attached hydrogens (tertiary/aromatic N) is 1. The molecular weight excluding hydrogens is 422 g/mol. The molecule has 31 heavy (non-hydrogen) atoms. The molecule has 0 atom stereocenters. The van der Waals surface area contributed by atoms with Crippen LogP contribution in [0.1, 0.15) is 11.1 Å². The number of hydrogen-bond acceptors (Lipinski definition) is 5. The molecule has 3 aromatic rings. The summed E-state index contributed by atoms with van der Waals surface area (Å²) in [7, 11) is 0. The first-order valence-electron chi connectivity index (χ1n) is 10.8. The van der Waals surface area contributed by atoms with Crippen LogP contribution in [0.3, 0.4) is 0 Å². The molecule has 0 spiro atoms. The van der Waals surface area contributed by atoms with Gasteiger partial charge >= 0.3 is 0 Å². The van der Waals surface area contributed by atoms with Crippen LogP contribution in [0.4, 0.5) is 5.69 Å². The molecule has 0 bridgehead atoms. The smallest absolute Gasteiger partial charge is 0.123 e. The predicted octanol–water partition coefficient (Wildman–Crippen LogP) is 6.13. The Bertz CT molecular complexity index is 878. The zero-order valence-electron chi connectivity index (χ0n) is 17.7. The number of para-hydroxylation sites is 3. The maximum absolute atomic E-state index is 6.06. The summed E-state index contributed by atoms with van der Waals surface area (Å²) < 4.78 is 12.1. The highest BCUT2D eigenvalue weighted by molar-refractivity contribution is 7.98. The summed E-state index contributed by atoms with van der Waals surface area (Å²) >= 11 is 3.93. The third kappa shape index (κ3) is 6.62. The van der Waals surface area contributed by atoms with E-state index < -0.39 is 0 Å². The minimum Gasteiger partial charge on any atom is -0.490 e. The Morgan fingerprint density at radius 3 is 1.61 bits per heavy atom. The minimum absolute atomic E-state index is 0.547. The van der Waals surface area contributed by atoms with Gasteiger partial charge in [-0.2, -0.15) is 23.5 Å². The van der Waals surface area contributed by atoms with E-state index in [-0.39, 0.29) is 0 Å². The van der Waals surface area contributed by atoms with E-state index in [4.69, 9.17) is 9.47 Å². The van der Waals surface area contributed by atoms with Crippen LogP contribution in [0.5, 0.6) is 11.5 Å². The van der Waals surface area contributed by atoms with Gasteiger partial charge in [0.15, 0.2) is 0 Å². The van der Waals surface area contributed by atoms with Crippen LogP contribution in [0.25, 0.3) is 0 Å². The van der Waals surface area contributed by atoms with Crippen molar-refractivity contribution in [3.8, 4) is 11.5 Å². The van der Waals surface area contributed by atoms with E-state index in [1.54, 1.807) is 0 Å². The molecule has 1 aliphatic heterocycles. The molecule has 0 unspecified atom stereocenters. The summed E-state index contributed by atoms with van der Waals surface area (Å²) in [5.41, 5.74) is 3.80. The average Bonchev–Trinajstić information content (AvgIpc) is 2.82. The summed E-state index contributed by atoms with van der Waals surface area (Å²) in [5.74, 6) is 6.01. The first-order valence-corrected chi connectivity index (χ1v) is 13.1. The van der Waals surface area contributed by atoms with E-state index in [1.165, 1.54) is 16.8 Å². The molecule has 0 aromatic heterocycles. The topological polar surface area (TPSA) is 21.7 Å². The highest BCUT2D eigenvalue weighted by atomic mass is 32.2. The van der Waals surface area contributed by atoms with Gasteiger partial charge < -0.3 is 14.4 Å². The van der Waals surface area contributed by atoms with Crippen molar-refractivity contribution in [3.05, 3.63) is 90.0 Å². The Kier molecular flexibility index (Phi) is 8.48. The van der Waals surface area contributed by atoms with Gasteiger partial charge in [0.25, 0.3) is 0 Å². The van der Waals surface area contributed by atoms with Gasteiger partial charge in [-0.25, -0.2) is 0 Å². The second kappa shape index (κ2) is 12.0. The Morgan fingerprint density at radius 1 is 0.581 bits per heavy atom. The van der Waals surface area contributed by atoms with Gasteiger partial charge in [0.05, 0.1) is 0 Å². The molecule has 0 saturated carbocycles. The number of rotatable bonds is 1. The lowest BCUT2D eigenvalue weighted by molar-refractivity contribution is 0.215. The van der Waals surface area contributed by atoms with Gasteiger partial charge in [0.1, 0.15) is 24.7 Å². The molecule has 0 radical (unpaired) electrons. The van der Waals surface area contributed by atoms with Gasteiger partial charge in [-0.15, -0.1) is 0 Å². The summed E-state index contributed by atoms with van der Waals surface area (Å²) in [6, 6.07) is 27.5. The molecule has 0 N–H and O–H groups in total. The molecule has 1 aliphatic rings. The summed E-state index contributed by atoms with van der Waals surface area (Å²) in [4.78, 5) is 2.50. The Balaban J connectivity index is 1.49. The minimum atomic E-state index is 0.547. The van der Waals surface area contributed by atoms with Gasteiger partial charge in [-0.3, -0.25) is 0 Å². The lowest BCUT2D eigenvalue weighted by Gasteiger charge is -2.24. The van der Waals surface area contributed by atoms with Crippen molar-refractivity contribution in [2.75, 3.05) is 42.7 Å². The average molecular weight is 452 g/mol. The summed E-state index contributed by atoms with van der Waals surface area (Å²) in [6.45, 7) is 3.17. The highest BCUT2D eigenvalue weighted by Crippen LogP contribution is 2.26. The van der Waals surface area contributed by atoms with E-state index in [2.05, 4.69) is 71.6 Å². The lowest BCUT2D eigenvalue weighted by atomic mass is 10.2. The Hall–Kier alpha value is -2.24. The van der Waals surface area contributed by atoms with Crippen molar-refractivity contribution in [2.45, 2.75) is 11.5 Å². The Labute approximate surface area is 194 Å². The van der Waals surface area contributed by atoms with Crippen molar-refractivity contribution in [3.63, 3.8) is 0 Å². The van der Waals surface area contributed by atoms with Crippen molar-refractivity contribution in [2.24, 2.45) is 0 Å². The van der Waals surface area contributed by atoms with Crippen LogP contribution >= 0.6 is 23.5 Å². The normalized spacial score (nSPS) is 16.2. The Morgan fingerprint density at radius 2 is 1.06 bits per heavy atom.